The molecular weight excluding hydrogens is 296 g/mol. The molecule has 3 heterocycles. The summed E-state index contributed by atoms with van der Waals surface area (Å²) in [7, 11) is 1.64. The zero-order chi connectivity index (χ0) is 16.0. The summed E-state index contributed by atoms with van der Waals surface area (Å²) in [6.45, 7) is 2.08. The second-order valence-electron chi connectivity index (χ2n) is 6.38. The Morgan fingerprint density at radius 3 is 3.00 bits per heavy atom. The van der Waals surface area contributed by atoms with Gasteiger partial charge in [0.25, 0.3) is 0 Å². The number of H-pyrrole nitrogens is 1. The number of hydrogen-bond acceptors (Lipinski definition) is 5. The maximum absolute atomic E-state index is 12.1. The first-order valence-electron chi connectivity index (χ1n) is 7.67. The van der Waals surface area contributed by atoms with Crippen molar-refractivity contribution in [3.8, 4) is 5.75 Å². The molecule has 0 radical (unpaired) electrons. The Morgan fingerprint density at radius 2 is 2.26 bits per heavy atom. The highest BCUT2D eigenvalue weighted by Gasteiger charge is 2.50. The molecule has 120 valence electrons. The number of aromatic nitrogens is 2. The van der Waals surface area contributed by atoms with E-state index in [0.29, 0.717) is 19.5 Å². The van der Waals surface area contributed by atoms with Gasteiger partial charge in [0, 0.05) is 24.9 Å². The minimum absolute atomic E-state index is 0.124. The predicted octanol–water partition coefficient (Wildman–Crippen LogP) is 0.810. The van der Waals surface area contributed by atoms with E-state index in [-0.39, 0.29) is 11.8 Å². The fourth-order valence-electron chi connectivity index (χ4n) is 3.63. The Kier molecular flexibility index (Phi) is 3.12. The Balaban J connectivity index is 1.55. The largest absolute Gasteiger partial charge is 0.497 e. The molecule has 2 aromatic rings. The van der Waals surface area contributed by atoms with E-state index >= 15 is 0 Å². The normalized spacial score (nSPS) is 24.7. The summed E-state index contributed by atoms with van der Waals surface area (Å²) in [5.74, 6) is 0.508. The first-order chi connectivity index (χ1) is 11.1. The molecule has 23 heavy (non-hydrogen) atoms. The smallest absolute Gasteiger partial charge is 0.234 e. The number of nitrogens with one attached hydrogen (secondary N) is 2. The van der Waals surface area contributed by atoms with Crippen LogP contribution < -0.4 is 10.1 Å². The molecule has 2 fully saturated rings. The SMILES string of the molecule is COc1ccc2n[nH]c(CN3CC[C@@]4(CC(=O)NC4=O)C3)c2c1. The van der Waals surface area contributed by atoms with Crippen LogP contribution in [0.1, 0.15) is 18.5 Å². The quantitative estimate of drug-likeness (QED) is 0.819. The maximum atomic E-state index is 12.1. The summed E-state index contributed by atoms with van der Waals surface area (Å²) < 4.78 is 5.27. The Hall–Kier alpha value is -2.41. The molecule has 0 saturated carbocycles. The molecular formula is C16H18N4O3. The second kappa shape index (κ2) is 5.06. The lowest BCUT2D eigenvalue weighted by Crippen LogP contribution is -2.34. The van der Waals surface area contributed by atoms with Gasteiger partial charge in [-0.05, 0) is 31.2 Å². The first-order valence-corrected chi connectivity index (χ1v) is 7.67. The molecule has 1 atom stereocenters. The molecule has 2 saturated heterocycles. The second-order valence-corrected chi connectivity index (χ2v) is 6.38. The van der Waals surface area contributed by atoms with E-state index in [9.17, 15) is 9.59 Å². The van der Waals surface area contributed by atoms with Crippen molar-refractivity contribution in [2.24, 2.45) is 5.41 Å². The Morgan fingerprint density at radius 1 is 1.39 bits per heavy atom. The molecule has 0 bridgehead atoms. The van der Waals surface area contributed by atoms with Gasteiger partial charge >= 0.3 is 0 Å². The van der Waals surface area contributed by atoms with Crippen molar-refractivity contribution in [3.63, 3.8) is 0 Å². The van der Waals surface area contributed by atoms with Crippen LogP contribution in [0, 0.1) is 5.41 Å². The van der Waals surface area contributed by atoms with E-state index in [4.69, 9.17) is 4.74 Å². The number of ether oxygens (including phenoxy) is 1. The van der Waals surface area contributed by atoms with Gasteiger partial charge in [-0.3, -0.25) is 24.9 Å². The molecule has 4 rings (SSSR count). The third kappa shape index (κ3) is 2.28. The summed E-state index contributed by atoms with van der Waals surface area (Å²) in [5.41, 5.74) is 1.36. The topological polar surface area (TPSA) is 87.3 Å². The van der Waals surface area contributed by atoms with Crippen molar-refractivity contribution in [2.45, 2.75) is 19.4 Å². The number of carbonyl (C=O) groups is 2. The molecule has 1 aromatic carbocycles. The third-order valence-electron chi connectivity index (χ3n) is 4.89. The number of imide groups is 1. The number of fused-ring (bicyclic) bond motifs is 1. The van der Waals surface area contributed by atoms with Gasteiger partial charge in [0.15, 0.2) is 0 Å². The van der Waals surface area contributed by atoms with Crippen LogP contribution in [0.2, 0.25) is 0 Å². The number of benzene rings is 1. The van der Waals surface area contributed by atoms with Gasteiger partial charge in [-0.1, -0.05) is 0 Å². The molecule has 0 aliphatic carbocycles. The lowest BCUT2D eigenvalue weighted by molar-refractivity contribution is -0.128. The average Bonchev–Trinajstić information content (AvgIpc) is 3.19. The number of carbonyl (C=O) groups excluding carboxylic acids is 2. The Bertz CT molecular complexity index is 800. The standard InChI is InChI=1S/C16H18N4O3/c1-23-10-2-3-12-11(6-10)13(19-18-12)8-20-5-4-16(9-20)7-14(21)17-15(16)22/h2-3,6H,4-5,7-9H2,1H3,(H,18,19)(H,17,21,22)/t16-/m1/s1. The highest BCUT2D eigenvalue weighted by molar-refractivity contribution is 6.06. The molecule has 7 heteroatoms. The predicted molar refractivity (Wildman–Crippen MR) is 82.7 cm³/mol. The molecule has 2 aliphatic rings. The first kappa shape index (κ1) is 14.2. The van der Waals surface area contributed by atoms with Crippen LogP contribution in [0.4, 0.5) is 0 Å². The fraction of sp³-hybridized carbons (Fsp3) is 0.438. The van der Waals surface area contributed by atoms with E-state index < -0.39 is 5.41 Å². The van der Waals surface area contributed by atoms with Crippen LogP contribution in [-0.4, -0.2) is 47.1 Å². The van der Waals surface area contributed by atoms with Crippen molar-refractivity contribution in [3.05, 3.63) is 23.9 Å². The number of amides is 2. The van der Waals surface area contributed by atoms with Gasteiger partial charge < -0.3 is 4.74 Å². The van der Waals surface area contributed by atoms with Crippen molar-refractivity contribution in [1.82, 2.24) is 20.4 Å². The molecule has 2 aliphatic heterocycles. The lowest BCUT2D eigenvalue weighted by atomic mass is 9.85. The van der Waals surface area contributed by atoms with Gasteiger partial charge in [0.2, 0.25) is 11.8 Å². The van der Waals surface area contributed by atoms with Crippen LogP contribution in [0.25, 0.3) is 10.9 Å². The van der Waals surface area contributed by atoms with Gasteiger partial charge in [-0.2, -0.15) is 5.10 Å². The van der Waals surface area contributed by atoms with E-state index in [0.717, 1.165) is 35.3 Å². The number of aromatic amines is 1. The highest BCUT2D eigenvalue weighted by Crippen LogP contribution is 2.38. The molecule has 2 N–H and O–H groups in total. The van der Waals surface area contributed by atoms with Crippen LogP contribution in [0.15, 0.2) is 18.2 Å². The molecule has 0 unspecified atom stereocenters. The summed E-state index contributed by atoms with van der Waals surface area (Å²) in [6.07, 6.45) is 1.03. The molecule has 1 spiro atoms. The van der Waals surface area contributed by atoms with Crippen LogP contribution in [0.3, 0.4) is 0 Å². The van der Waals surface area contributed by atoms with E-state index in [1.165, 1.54) is 0 Å². The minimum Gasteiger partial charge on any atom is -0.497 e. The number of nitrogens with zero attached hydrogens (tertiary/aromatic N) is 2. The third-order valence-corrected chi connectivity index (χ3v) is 4.89. The van der Waals surface area contributed by atoms with Crippen molar-refractivity contribution in [2.75, 3.05) is 20.2 Å². The lowest BCUT2D eigenvalue weighted by Gasteiger charge is -2.19. The Labute approximate surface area is 133 Å². The number of likely N-dealkylation sites (tertiary alicyclic amines) is 1. The van der Waals surface area contributed by atoms with Crippen molar-refractivity contribution in [1.29, 1.82) is 0 Å². The summed E-state index contributed by atoms with van der Waals surface area (Å²) in [6, 6.07) is 5.76. The van der Waals surface area contributed by atoms with Gasteiger partial charge in [0.1, 0.15) is 5.75 Å². The maximum Gasteiger partial charge on any atom is 0.234 e. The number of methoxy groups -OCH3 is 1. The molecule has 1 aromatic heterocycles. The van der Waals surface area contributed by atoms with E-state index in [2.05, 4.69) is 20.4 Å². The van der Waals surface area contributed by atoms with Crippen LogP contribution in [0.5, 0.6) is 5.75 Å². The summed E-state index contributed by atoms with van der Waals surface area (Å²) >= 11 is 0. The van der Waals surface area contributed by atoms with Gasteiger partial charge in [0.05, 0.1) is 23.7 Å². The van der Waals surface area contributed by atoms with E-state index in [1.807, 2.05) is 18.2 Å². The highest BCUT2D eigenvalue weighted by atomic mass is 16.5. The van der Waals surface area contributed by atoms with Gasteiger partial charge in [-0.15, -0.1) is 0 Å². The molecule has 2 amide bonds. The minimum atomic E-state index is -0.537. The summed E-state index contributed by atoms with van der Waals surface area (Å²) in [4.78, 5) is 25.8. The summed E-state index contributed by atoms with van der Waals surface area (Å²) in [5, 5.41) is 10.8. The van der Waals surface area contributed by atoms with Crippen LogP contribution >= 0.6 is 0 Å². The average molecular weight is 314 g/mol. The number of rotatable bonds is 3. The fourth-order valence-corrected chi connectivity index (χ4v) is 3.63. The van der Waals surface area contributed by atoms with Crippen molar-refractivity contribution >= 4 is 22.7 Å². The van der Waals surface area contributed by atoms with Crippen molar-refractivity contribution < 1.29 is 14.3 Å². The zero-order valence-electron chi connectivity index (χ0n) is 12.9. The van der Waals surface area contributed by atoms with Crippen LogP contribution in [-0.2, 0) is 16.1 Å². The van der Waals surface area contributed by atoms with Gasteiger partial charge in [-0.25, -0.2) is 0 Å². The molecule has 7 nitrogen and oxygen atoms in total. The van der Waals surface area contributed by atoms with E-state index in [1.54, 1.807) is 7.11 Å². The number of hydrogen-bond donors (Lipinski definition) is 2. The monoisotopic (exact) mass is 314 g/mol. The zero-order valence-corrected chi connectivity index (χ0v) is 12.9.